The molecule has 3 aromatic rings. The maximum atomic E-state index is 12.8. The van der Waals surface area contributed by atoms with Crippen LogP contribution >= 0.6 is 23.1 Å². The van der Waals surface area contributed by atoms with E-state index in [4.69, 9.17) is 0 Å². The van der Waals surface area contributed by atoms with Crippen molar-refractivity contribution in [2.24, 2.45) is 13.0 Å². The molecule has 1 fully saturated rings. The second-order valence-electron chi connectivity index (χ2n) is 8.56. The zero-order valence-electron chi connectivity index (χ0n) is 18.8. The van der Waals surface area contributed by atoms with E-state index in [-0.39, 0.29) is 18.4 Å². The van der Waals surface area contributed by atoms with Gasteiger partial charge < -0.3 is 9.88 Å². The minimum absolute atomic E-state index is 0.0457. The SMILES string of the molecule is Cc1nc(CC(=O)N[C@H](Cc2ccccc2)c2nnc(SCC3CCCCC3)n2C)cs1. The Morgan fingerprint density at radius 2 is 2.00 bits per heavy atom. The third-order valence-corrected chi connectivity index (χ3v) is 8.05. The number of thioether (sulfide) groups is 1. The second-order valence-corrected chi connectivity index (χ2v) is 10.6. The van der Waals surface area contributed by atoms with Crippen molar-refractivity contribution in [3.63, 3.8) is 0 Å². The molecule has 1 amide bonds. The fraction of sp³-hybridized carbons (Fsp3) is 0.500. The molecule has 32 heavy (non-hydrogen) atoms. The molecule has 0 unspecified atom stereocenters. The van der Waals surface area contributed by atoms with Gasteiger partial charge in [-0.1, -0.05) is 61.4 Å². The average Bonchev–Trinajstić information content (AvgIpc) is 3.38. The Morgan fingerprint density at radius 1 is 1.22 bits per heavy atom. The quantitative estimate of drug-likeness (QED) is 0.452. The second kappa shape index (κ2) is 11.1. The van der Waals surface area contributed by atoms with Crippen molar-refractivity contribution in [3.8, 4) is 0 Å². The Bertz CT molecular complexity index is 1010. The van der Waals surface area contributed by atoms with Crippen molar-refractivity contribution < 1.29 is 4.79 Å². The van der Waals surface area contributed by atoms with Gasteiger partial charge in [-0.2, -0.15) is 0 Å². The molecule has 1 N–H and O–H groups in total. The summed E-state index contributed by atoms with van der Waals surface area (Å²) in [6.07, 6.45) is 7.65. The average molecular weight is 470 g/mol. The first-order valence-electron chi connectivity index (χ1n) is 11.3. The van der Waals surface area contributed by atoms with Crippen molar-refractivity contribution in [2.45, 2.75) is 63.1 Å². The summed E-state index contributed by atoms with van der Waals surface area (Å²) < 4.78 is 2.05. The molecule has 1 atom stereocenters. The van der Waals surface area contributed by atoms with Gasteiger partial charge in [0.15, 0.2) is 11.0 Å². The van der Waals surface area contributed by atoms with Crippen LogP contribution in [0.3, 0.4) is 0 Å². The smallest absolute Gasteiger partial charge is 0.226 e. The van der Waals surface area contributed by atoms with E-state index in [0.717, 1.165) is 38.9 Å². The van der Waals surface area contributed by atoms with E-state index in [1.807, 2.05) is 42.1 Å². The molecule has 6 nitrogen and oxygen atoms in total. The van der Waals surface area contributed by atoms with Crippen LogP contribution < -0.4 is 5.32 Å². The molecule has 2 heterocycles. The van der Waals surface area contributed by atoms with Crippen LogP contribution in [-0.2, 0) is 24.7 Å². The third kappa shape index (κ3) is 6.19. The topological polar surface area (TPSA) is 72.7 Å². The molecule has 2 aromatic heterocycles. The van der Waals surface area contributed by atoms with Crippen LogP contribution in [-0.4, -0.2) is 31.4 Å². The number of carbonyl (C=O) groups excluding carboxylic acids is 1. The van der Waals surface area contributed by atoms with E-state index in [2.05, 4.69) is 32.6 Å². The predicted molar refractivity (Wildman–Crippen MR) is 130 cm³/mol. The number of carbonyl (C=O) groups is 1. The number of hydrogen-bond donors (Lipinski definition) is 1. The van der Waals surface area contributed by atoms with Gasteiger partial charge in [-0.3, -0.25) is 4.79 Å². The molecule has 170 valence electrons. The molecule has 1 aliphatic rings. The van der Waals surface area contributed by atoms with E-state index in [0.29, 0.717) is 6.42 Å². The minimum Gasteiger partial charge on any atom is -0.345 e. The van der Waals surface area contributed by atoms with E-state index in [1.165, 1.54) is 32.1 Å². The molecule has 1 saturated carbocycles. The molecule has 1 aromatic carbocycles. The molecular weight excluding hydrogens is 438 g/mol. The Kier molecular flexibility index (Phi) is 7.97. The number of nitrogens with one attached hydrogen (secondary N) is 1. The van der Waals surface area contributed by atoms with Crippen LogP contribution in [0.25, 0.3) is 0 Å². The van der Waals surface area contributed by atoms with Crippen molar-refractivity contribution in [3.05, 3.63) is 57.8 Å². The highest BCUT2D eigenvalue weighted by molar-refractivity contribution is 7.99. The van der Waals surface area contributed by atoms with Crippen molar-refractivity contribution in [1.29, 1.82) is 0 Å². The molecule has 0 spiro atoms. The number of amides is 1. The zero-order valence-corrected chi connectivity index (χ0v) is 20.4. The van der Waals surface area contributed by atoms with Crippen molar-refractivity contribution in [1.82, 2.24) is 25.1 Å². The van der Waals surface area contributed by atoms with Crippen LogP contribution in [0.4, 0.5) is 0 Å². The fourth-order valence-corrected chi connectivity index (χ4v) is 5.97. The number of aromatic nitrogens is 4. The minimum atomic E-state index is -0.244. The van der Waals surface area contributed by atoms with Gasteiger partial charge in [-0.05, 0) is 37.7 Å². The first-order chi connectivity index (χ1) is 15.6. The van der Waals surface area contributed by atoms with E-state index in [1.54, 1.807) is 23.1 Å². The maximum Gasteiger partial charge on any atom is 0.226 e. The molecule has 0 aliphatic heterocycles. The molecule has 0 bridgehead atoms. The monoisotopic (exact) mass is 469 g/mol. The normalized spacial score (nSPS) is 15.6. The summed E-state index contributed by atoms with van der Waals surface area (Å²) in [5.74, 6) is 2.61. The summed E-state index contributed by atoms with van der Waals surface area (Å²) >= 11 is 3.36. The largest absolute Gasteiger partial charge is 0.345 e. The van der Waals surface area contributed by atoms with Gasteiger partial charge >= 0.3 is 0 Å². The number of thiazole rings is 1. The Hall–Kier alpha value is -2.19. The van der Waals surface area contributed by atoms with Gasteiger partial charge in [0.1, 0.15) is 0 Å². The number of rotatable bonds is 9. The van der Waals surface area contributed by atoms with Crippen LogP contribution in [0.2, 0.25) is 0 Å². The lowest BCUT2D eigenvalue weighted by molar-refractivity contribution is -0.121. The standard InChI is InChI=1S/C24H31N5OS2/c1-17-25-20(16-31-17)14-22(30)26-21(13-18-9-5-3-6-10-18)23-27-28-24(29(23)2)32-15-19-11-7-4-8-12-19/h3,5-6,9-10,16,19,21H,4,7-8,11-15H2,1-2H3,(H,26,30)/t21-/m1/s1. The van der Waals surface area contributed by atoms with E-state index < -0.39 is 0 Å². The number of nitrogens with zero attached hydrogens (tertiary/aromatic N) is 4. The zero-order chi connectivity index (χ0) is 22.3. The van der Waals surface area contributed by atoms with Crippen LogP contribution in [0.1, 0.15) is 60.2 Å². The summed E-state index contributed by atoms with van der Waals surface area (Å²) in [5.41, 5.74) is 1.96. The lowest BCUT2D eigenvalue weighted by Crippen LogP contribution is -2.33. The van der Waals surface area contributed by atoms with Crippen LogP contribution in [0, 0.1) is 12.8 Å². The summed E-state index contributed by atoms with van der Waals surface area (Å²) in [4.78, 5) is 17.3. The first kappa shape index (κ1) is 23.0. The van der Waals surface area contributed by atoms with Crippen LogP contribution in [0.15, 0.2) is 40.9 Å². The Morgan fingerprint density at radius 3 is 2.72 bits per heavy atom. The van der Waals surface area contributed by atoms with Crippen molar-refractivity contribution in [2.75, 3.05) is 5.75 Å². The van der Waals surface area contributed by atoms with Crippen LogP contribution in [0.5, 0.6) is 0 Å². The highest BCUT2D eigenvalue weighted by Crippen LogP contribution is 2.30. The highest BCUT2D eigenvalue weighted by Gasteiger charge is 2.23. The Labute approximate surface area is 198 Å². The third-order valence-electron chi connectivity index (χ3n) is 5.98. The number of hydrogen-bond acceptors (Lipinski definition) is 6. The predicted octanol–water partition coefficient (Wildman–Crippen LogP) is 4.90. The molecule has 8 heteroatoms. The number of aryl methyl sites for hydroxylation is 1. The maximum absolute atomic E-state index is 12.8. The lowest BCUT2D eigenvalue weighted by atomic mass is 9.91. The van der Waals surface area contributed by atoms with E-state index >= 15 is 0 Å². The first-order valence-corrected chi connectivity index (χ1v) is 13.2. The van der Waals surface area contributed by atoms with E-state index in [9.17, 15) is 4.79 Å². The summed E-state index contributed by atoms with van der Waals surface area (Å²) in [5, 5.41) is 16.0. The van der Waals surface area contributed by atoms with Crippen molar-refractivity contribution >= 4 is 29.0 Å². The summed E-state index contributed by atoms with van der Waals surface area (Å²) in [7, 11) is 2.01. The fourth-order valence-electron chi connectivity index (χ4n) is 4.26. The van der Waals surface area contributed by atoms with Gasteiger partial charge in [0, 0.05) is 18.2 Å². The highest BCUT2D eigenvalue weighted by atomic mass is 32.2. The van der Waals surface area contributed by atoms with Gasteiger partial charge in [-0.25, -0.2) is 4.98 Å². The Balaban J connectivity index is 1.47. The summed E-state index contributed by atoms with van der Waals surface area (Å²) in [6.45, 7) is 1.95. The molecule has 4 rings (SSSR count). The molecular formula is C24H31N5OS2. The van der Waals surface area contributed by atoms with Gasteiger partial charge in [0.2, 0.25) is 5.91 Å². The van der Waals surface area contributed by atoms with Gasteiger partial charge in [0.25, 0.3) is 0 Å². The van der Waals surface area contributed by atoms with Gasteiger partial charge in [0.05, 0.1) is 23.2 Å². The molecule has 0 saturated heterocycles. The number of benzene rings is 1. The lowest BCUT2D eigenvalue weighted by Gasteiger charge is -2.21. The van der Waals surface area contributed by atoms with Gasteiger partial charge in [-0.15, -0.1) is 21.5 Å². The molecule has 0 radical (unpaired) electrons. The summed E-state index contributed by atoms with van der Waals surface area (Å²) in [6, 6.07) is 9.97. The molecule has 1 aliphatic carbocycles.